The molecule has 0 bridgehead atoms. The number of rotatable bonds is 4. The highest BCUT2D eigenvalue weighted by atomic mass is 19.1. The minimum absolute atomic E-state index is 0.0614. The Morgan fingerprint density at radius 1 is 1.10 bits per heavy atom. The predicted octanol–water partition coefficient (Wildman–Crippen LogP) is 4.60. The second-order valence-corrected chi connectivity index (χ2v) is 6.70. The fourth-order valence-corrected chi connectivity index (χ4v) is 3.40. The van der Waals surface area contributed by atoms with Gasteiger partial charge in [-0.3, -0.25) is 4.98 Å². The highest BCUT2D eigenvalue weighted by Crippen LogP contribution is 2.36. The number of nitrogens with two attached hydrogens (primary N) is 1. The van der Waals surface area contributed by atoms with Crippen LogP contribution in [0.3, 0.4) is 0 Å². The number of nitrogen functional groups attached to an aromatic ring is 1. The molecule has 0 spiro atoms. The fourth-order valence-electron chi connectivity index (χ4n) is 3.40. The normalized spacial score (nSPS) is 11.8. The second kappa shape index (κ2) is 7.72. The summed E-state index contributed by atoms with van der Waals surface area (Å²) < 4.78 is 28.3. The first-order valence-electron chi connectivity index (χ1n) is 9.09. The average molecular weight is 402 g/mol. The van der Waals surface area contributed by atoms with Crippen molar-refractivity contribution in [1.82, 2.24) is 15.0 Å². The van der Waals surface area contributed by atoms with Crippen LogP contribution in [-0.4, -0.2) is 15.0 Å². The molecule has 0 aliphatic rings. The van der Waals surface area contributed by atoms with Crippen molar-refractivity contribution in [3.05, 3.63) is 77.8 Å². The zero-order chi connectivity index (χ0) is 21.3. The van der Waals surface area contributed by atoms with E-state index in [1.165, 1.54) is 24.5 Å². The lowest BCUT2D eigenvalue weighted by molar-refractivity contribution is 0.628. The molecule has 0 aliphatic carbocycles. The van der Waals surface area contributed by atoms with Crippen molar-refractivity contribution in [1.29, 1.82) is 5.26 Å². The van der Waals surface area contributed by atoms with Crippen LogP contribution in [0.5, 0.6) is 0 Å². The number of halogens is 2. The zero-order valence-corrected chi connectivity index (χ0v) is 15.9. The Morgan fingerprint density at radius 3 is 2.67 bits per heavy atom. The number of anilines is 2. The van der Waals surface area contributed by atoms with Crippen molar-refractivity contribution in [2.24, 2.45) is 0 Å². The van der Waals surface area contributed by atoms with E-state index in [-0.39, 0.29) is 22.7 Å². The van der Waals surface area contributed by atoms with Gasteiger partial charge in [-0.2, -0.15) is 5.26 Å². The van der Waals surface area contributed by atoms with Gasteiger partial charge in [-0.15, -0.1) is 0 Å². The van der Waals surface area contributed by atoms with Gasteiger partial charge in [0.05, 0.1) is 6.04 Å². The minimum Gasteiger partial charge on any atom is -0.382 e. The van der Waals surface area contributed by atoms with E-state index in [9.17, 15) is 14.0 Å². The molecule has 2 aromatic carbocycles. The van der Waals surface area contributed by atoms with E-state index in [2.05, 4.69) is 20.3 Å². The smallest absolute Gasteiger partial charge is 0.150 e. The third kappa shape index (κ3) is 3.37. The molecule has 6 nitrogen and oxygen atoms in total. The molecule has 30 heavy (non-hydrogen) atoms. The molecule has 4 rings (SSSR count). The lowest BCUT2D eigenvalue weighted by atomic mass is 9.93. The summed E-state index contributed by atoms with van der Waals surface area (Å²) >= 11 is 0. The lowest BCUT2D eigenvalue weighted by Gasteiger charge is -2.21. The topological polar surface area (TPSA) is 101 Å². The van der Waals surface area contributed by atoms with E-state index in [0.29, 0.717) is 22.1 Å². The lowest BCUT2D eigenvalue weighted by Crippen LogP contribution is -2.13. The van der Waals surface area contributed by atoms with E-state index in [4.69, 9.17) is 5.73 Å². The second-order valence-electron chi connectivity index (χ2n) is 6.70. The van der Waals surface area contributed by atoms with Crippen LogP contribution in [-0.2, 0) is 0 Å². The maximum Gasteiger partial charge on any atom is 0.150 e. The van der Waals surface area contributed by atoms with Gasteiger partial charge in [-0.25, -0.2) is 18.7 Å². The average Bonchev–Trinajstić information content (AvgIpc) is 2.73. The number of hydrogen-bond donors (Lipinski definition) is 2. The van der Waals surface area contributed by atoms with Gasteiger partial charge in [0.2, 0.25) is 0 Å². The van der Waals surface area contributed by atoms with Crippen LogP contribution in [0.1, 0.15) is 24.1 Å². The molecule has 0 amide bonds. The van der Waals surface area contributed by atoms with Crippen LogP contribution in [0.15, 0.2) is 55.0 Å². The Morgan fingerprint density at radius 2 is 1.90 bits per heavy atom. The third-order valence-corrected chi connectivity index (χ3v) is 4.80. The van der Waals surface area contributed by atoms with E-state index in [1.807, 2.05) is 13.0 Å². The van der Waals surface area contributed by atoms with E-state index in [1.54, 1.807) is 30.5 Å². The largest absolute Gasteiger partial charge is 0.382 e. The van der Waals surface area contributed by atoms with Gasteiger partial charge in [-0.1, -0.05) is 24.3 Å². The molecule has 0 saturated carbocycles. The van der Waals surface area contributed by atoms with Crippen molar-refractivity contribution in [3.63, 3.8) is 0 Å². The van der Waals surface area contributed by atoms with Gasteiger partial charge in [0.25, 0.3) is 0 Å². The maximum atomic E-state index is 14.4. The SMILES string of the molecule is C[C@H](Nc1ncnc(N)c1C#N)c1cnc2c(F)cccc2c1-c1cccc(F)c1. The van der Waals surface area contributed by atoms with E-state index >= 15 is 0 Å². The standard InChI is InChI=1S/C22H16F2N6/c1-12(30-22-16(9-25)21(26)28-11-29-22)17-10-27-20-15(6-3-7-18(20)24)19(17)13-4-2-5-14(23)8-13/h2-8,10-12H,1H3,(H3,26,28,29,30)/t12-/m0/s1. The van der Waals surface area contributed by atoms with Crippen LogP contribution < -0.4 is 11.1 Å². The summed E-state index contributed by atoms with van der Waals surface area (Å²) in [6.45, 7) is 1.84. The van der Waals surface area contributed by atoms with Crippen molar-refractivity contribution < 1.29 is 8.78 Å². The number of aromatic nitrogens is 3. The fraction of sp³-hybridized carbons (Fsp3) is 0.0909. The molecule has 2 aromatic heterocycles. The molecule has 0 saturated heterocycles. The molecule has 3 N–H and O–H groups in total. The summed E-state index contributed by atoms with van der Waals surface area (Å²) in [7, 11) is 0. The number of nitrogens with one attached hydrogen (secondary N) is 1. The molecule has 0 aliphatic heterocycles. The number of fused-ring (bicyclic) bond motifs is 1. The Kier molecular flexibility index (Phi) is 4.94. The monoisotopic (exact) mass is 402 g/mol. The Hall–Kier alpha value is -4.12. The molecule has 2 heterocycles. The number of nitrogens with zero attached hydrogens (tertiary/aromatic N) is 4. The quantitative estimate of drug-likeness (QED) is 0.518. The molecule has 0 fully saturated rings. The first-order chi connectivity index (χ1) is 14.5. The molecular formula is C22H16F2N6. The molecule has 0 radical (unpaired) electrons. The minimum atomic E-state index is -0.465. The Balaban J connectivity index is 1.90. The molecular weight excluding hydrogens is 386 g/mol. The number of para-hydroxylation sites is 1. The van der Waals surface area contributed by atoms with Gasteiger partial charge < -0.3 is 11.1 Å². The van der Waals surface area contributed by atoms with Gasteiger partial charge in [0.15, 0.2) is 0 Å². The summed E-state index contributed by atoms with van der Waals surface area (Å²) in [5, 5.41) is 13.1. The van der Waals surface area contributed by atoms with Crippen molar-refractivity contribution >= 4 is 22.5 Å². The van der Waals surface area contributed by atoms with Crippen LogP contribution in [0, 0.1) is 23.0 Å². The van der Waals surface area contributed by atoms with Gasteiger partial charge in [-0.05, 0) is 36.2 Å². The summed E-state index contributed by atoms with van der Waals surface area (Å²) in [6, 6.07) is 12.3. The van der Waals surface area contributed by atoms with Crippen LogP contribution in [0.25, 0.3) is 22.0 Å². The maximum absolute atomic E-state index is 14.4. The molecule has 148 valence electrons. The van der Waals surface area contributed by atoms with Gasteiger partial charge in [0.1, 0.15) is 46.7 Å². The number of hydrogen-bond acceptors (Lipinski definition) is 6. The molecule has 0 unspecified atom stereocenters. The van der Waals surface area contributed by atoms with E-state index < -0.39 is 17.7 Å². The van der Waals surface area contributed by atoms with Crippen molar-refractivity contribution in [2.45, 2.75) is 13.0 Å². The third-order valence-electron chi connectivity index (χ3n) is 4.80. The van der Waals surface area contributed by atoms with Gasteiger partial charge in [0, 0.05) is 17.1 Å². The zero-order valence-electron chi connectivity index (χ0n) is 15.9. The van der Waals surface area contributed by atoms with Crippen LogP contribution in [0.4, 0.5) is 20.4 Å². The van der Waals surface area contributed by atoms with E-state index in [0.717, 1.165) is 0 Å². The highest BCUT2D eigenvalue weighted by molar-refractivity contribution is 5.96. The van der Waals surface area contributed by atoms with Gasteiger partial charge >= 0.3 is 0 Å². The number of benzene rings is 2. The summed E-state index contributed by atoms with van der Waals surface area (Å²) in [5.41, 5.74) is 7.98. The summed E-state index contributed by atoms with van der Waals surface area (Å²) in [4.78, 5) is 12.2. The number of nitriles is 1. The Labute approximate surface area is 171 Å². The van der Waals surface area contributed by atoms with Crippen molar-refractivity contribution in [2.75, 3.05) is 11.1 Å². The first kappa shape index (κ1) is 19.2. The Bertz CT molecular complexity index is 1300. The predicted molar refractivity (Wildman–Crippen MR) is 110 cm³/mol. The molecule has 4 aromatic rings. The summed E-state index contributed by atoms with van der Waals surface area (Å²) in [6.07, 6.45) is 2.80. The van der Waals surface area contributed by atoms with Crippen LogP contribution in [0.2, 0.25) is 0 Å². The highest BCUT2D eigenvalue weighted by Gasteiger charge is 2.20. The summed E-state index contributed by atoms with van der Waals surface area (Å²) in [5.74, 6) is -0.545. The first-order valence-corrected chi connectivity index (χ1v) is 9.09. The van der Waals surface area contributed by atoms with Crippen LogP contribution >= 0.6 is 0 Å². The molecule has 8 heteroatoms. The molecule has 1 atom stereocenters. The number of pyridine rings is 1. The van der Waals surface area contributed by atoms with Crippen molar-refractivity contribution in [3.8, 4) is 17.2 Å².